The van der Waals surface area contributed by atoms with Gasteiger partial charge < -0.3 is 14.2 Å². The van der Waals surface area contributed by atoms with Crippen LogP contribution in [0.4, 0.5) is 28.4 Å². The number of aromatic nitrogens is 2. The molecule has 1 aliphatic carbocycles. The number of hydrogen-bond donors (Lipinski definition) is 0. The second-order valence-corrected chi connectivity index (χ2v) is 15.4. The van der Waals surface area contributed by atoms with Gasteiger partial charge in [0.05, 0.1) is 11.7 Å². The van der Waals surface area contributed by atoms with Crippen molar-refractivity contribution in [1.29, 1.82) is 0 Å². The molecule has 0 saturated carbocycles. The Morgan fingerprint density at radius 3 is 1.72 bits per heavy atom. The predicted molar refractivity (Wildman–Crippen MR) is 253 cm³/mol. The van der Waals surface area contributed by atoms with Gasteiger partial charge in [0.1, 0.15) is 5.58 Å². The molecule has 1 aliphatic rings. The molecule has 290 valence electrons. The van der Waals surface area contributed by atoms with Gasteiger partial charge in [-0.25, -0.2) is 0 Å². The lowest BCUT2D eigenvalue weighted by molar-refractivity contribution is 0.673. The number of para-hydroxylation sites is 1. The minimum Gasteiger partial charge on any atom is -0.453 e. The smallest absolute Gasteiger partial charge is 0.160 e. The Labute approximate surface area is 354 Å². The van der Waals surface area contributed by atoms with Crippen LogP contribution in [0.25, 0.3) is 66.1 Å². The van der Waals surface area contributed by atoms with Crippen LogP contribution in [0.1, 0.15) is 6.42 Å². The van der Waals surface area contributed by atoms with Gasteiger partial charge in [0.25, 0.3) is 0 Å². The van der Waals surface area contributed by atoms with Crippen molar-refractivity contribution in [3.05, 3.63) is 225 Å². The second-order valence-electron chi connectivity index (χ2n) is 15.4. The quantitative estimate of drug-likeness (QED) is 0.146. The third kappa shape index (κ3) is 6.72. The van der Waals surface area contributed by atoms with Gasteiger partial charge in [-0.05, 0) is 118 Å². The first-order valence-electron chi connectivity index (χ1n) is 20.7. The van der Waals surface area contributed by atoms with Gasteiger partial charge in [-0.2, -0.15) is 0 Å². The van der Waals surface area contributed by atoms with Crippen molar-refractivity contribution in [2.45, 2.75) is 12.5 Å². The maximum absolute atomic E-state index is 7.14. The summed E-state index contributed by atoms with van der Waals surface area (Å²) in [4.78, 5) is 13.4. The van der Waals surface area contributed by atoms with Crippen LogP contribution in [-0.2, 0) is 0 Å². The first kappa shape index (κ1) is 36.1. The van der Waals surface area contributed by atoms with Gasteiger partial charge in [0.2, 0.25) is 0 Å². The van der Waals surface area contributed by atoms with Crippen molar-refractivity contribution >= 4 is 61.1 Å². The fraction of sp³-hybridized carbons (Fsp3) is 0.0357. The molecule has 5 heteroatoms. The van der Waals surface area contributed by atoms with Gasteiger partial charge in [-0.1, -0.05) is 127 Å². The highest BCUT2D eigenvalue weighted by atomic mass is 16.3. The van der Waals surface area contributed by atoms with E-state index in [1.54, 1.807) is 6.20 Å². The zero-order valence-corrected chi connectivity index (χ0v) is 33.3. The molecule has 0 amide bonds. The average Bonchev–Trinajstić information content (AvgIpc) is 3.75. The summed E-state index contributed by atoms with van der Waals surface area (Å²) in [5.41, 5.74) is 13.7. The summed E-state index contributed by atoms with van der Waals surface area (Å²) < 4.78 is 7.14. The fourth-order valence-electron chi connectivity index (χ4n) is 8.79. The van der Waals surface area contributed by atoms with Gasteiger partial charge >= 0.3 is 0 Å². The van der Waals surface area contributed by atoms with E-state index in [1.807, 2.05) is 30.7 Å². The van der Waals surface area contributed by atoms with E-state index in [4.69, 9.17) is 4.42 Å². The lowest BCUT2D eigenvalue weighted by Gasteiger charge is -2.33. The molecule has 3 aromatic heterocycles. The van der Waals surface area contributed by atoms with E-state index < -0.39 is 0 Å². The summed E-state index contributed by atoms with van der Waals surface area (Å²) in [6.07, 6.45) is 17.2. The van der Waals surface area contributed by atoms with Crippen molar-refractivity contribution in [3.8, 4) is 33.4 Å². The molecule has 10 aromatic rings. The van der Waals surface area contributed by atoms with E-state index >= 15 is 0 Å². The molecule has 1 unspecified atom stereocenters. The van der Waals surface area contributed by atoms with Crippen LogP contribution in [0, 0.1) is 0 Å². The summed E-state index contributed by atoms with van der Waals surface area (Å²) in [6, 6.07) is 62.8. The van der Waals surface area contributed by atoms with Crippen LogP contribution in [0.2, 0.25) is 0 Å². The summed E-state index contributed by atoms with van der Waals surface area (Å²) >= 11 is 0. The van der Waals surface area contributed by atoms with Gasteiger partial charge in [0, 0.05) is 63.7 Å². The zero-order valence-electron chi connectivity index (χ0n) is 33.3. The molecule has 0 N–H and O–H groups in total. The molecule has 1 atom stereocenters. The van der Waals surface area contributed by atoms with Crippen molar-refractivity contribution in [2.24, 2.45) is 0 Å². The van der Waals surface area contributed by atoms with Crippen LogP contribution >= 0.6 is 0 Å². The Balaban J connectivity index is 1.05. The molecule has 0 spiro atoms. The molecule has 0 fully saturated rings. The number of fused-ring (bicyclic) bond motifs is 5. The van der Waals surface area contributed by atoms with E-state index in [2.05, 4.69) is 208 Å². The van der Waals surface area contributed by atoms with Gasteiger partial charge in [-0.3, -0.25) is 9.97 Å². The lowest BCUT2D eigenvalue weighted by atomic mass is 9.96. The normalized spacial score (nSPS) is 13.5. The maximum Gasteiger partial charge on any atom is 0.160 e. The topological polar surface area (TPSA) is 45.4 Å². The minimum absolute atomic E-state index is 0.180. The third-order valence-corrected chi connectivity index (χ3v) is 11.8. The van der Waals surface area contributed by atoms with Crippen molar-refractivity contribution in [2.75, 3.05) is 9.80 Å². The predicted octanol–water partition coefficient (Wildman–Crippen LogP) is 15.0. The molecule has 5 nitrogen and oxygen atoms in total. The molecule has 0 radical (unpaired) electrons. The summed E-state index contributed by atoms with van der Waals surface area (Å²) in [7, 11) is 0. The van der Waals surface area contributed by atoms with Crippen LogP contribution < -0.4 is 9.80 Å². The number of anilines is 5. The first-order valence-corrected chi connectivity index (χ1v) is 20.7. The highest BCUT2D eigenvalue weighted by Crippen LogP contribution is 2.47. The van der Waals surface area contributed by atoms with E-state index in [0.29, 0.717) is 0 Å². The Morgan fingerprint density at radius 1 is 0.459 bits per heavy atom. The van der Waals surface area contributed by atoms with E-state index in [9.17, 15) is 0 Å². The molecule has 0 bridgehead atoms. The number of pyridine rings is 2. The van der Waals surface area contributed by atoms with Crippen LogP contribution in [0.3, 0.4) is 0 Å². The van der Waals surface area contributed by atoms with E-state index in [-0.39, 0.29) is 6.04 Å². The SMILES string of the molecule is C1=CCC(N(c2ccc(-c3cccnc3)cc2)c2ccc(-c3ccc(N(c4ccccc4)c4ccc(-c5cccnc5)cc4)c4oc5c6ccccc6ccc5c34)cc2)C=C1. The van der Waals surface area contributed by atoms with Crippen molar-refractivity contribution < 1.29 is 4.42 Å². The molecular formula is C56H40N4O. The van der Waals surface area contributed by atoms with Gasteiger partial charge in [0.15, 0.2) is 5.58 Å². The highest BCUT2D eigenvalue weighted by Gasteiger charge is 2.24. The second kappa shape index (κ2) is 15.6. The number of allylic oxidation sites excluding steroid dienone is 2. The molecule has 7 aromatic carbocycles. The summed E-state index contributed by atoms with van der Waals surface area (Å²) in [5, 5.41) is 4.41. The number of nitrogens with zero attached hydrogens (tertiary/aromatic N) is 4. The number of benzene rings is 7. The molecule has 0 saturated heterocycles. The molecule has 61 heavy (non-hydrogen) atoms. The molecular weight excluding hydrogens is 745 g/mol. The fourth-order valence-corrected chi connectivity index (χ4v) is 8.79. The maximum atomic E-state index is 7.14. The summed E-state index contributed by atoms with van der Waals surface area (Å²) in [5.74, 6) is 0. The summed E-state index contributed by atoms with van der Waals surface area (Å²) in [6.45, 7) is 0. The average molecular weight is 785 g/mol. The van der Waals surface area contributed by atoms with E-state index in [0.717, 1.165) is 101 Å². The Hall–Kier alpha value is -8.02. The number of hydrogen-bond acceptors (Lipinski definition) is 5. The highest BCUT2D eigenvalue weighted by molar-refractivity contribution is 6.21. The van der Waals surface area contributed by atoms with Crippen LogP contribution in [0.15, 0.2) is 229 Å². The Kier molecular flexibility index (Phi) is 9.24. The molecule has 3 heterocycles. The number of furan rings is 1. The van der Waals surface area contributed by atoms with Gasteiger partial charge in [-0.15, -0.1) is 0 Å². The largest absolute Gasteiger partial charge is 0.453 e. The van der Waals surface area contributed by atoms with Crippen molar-refractivity contribution in [3.63, 3.8) is 0 Å². The molecule has 0 aliphatic heterocycles. The van der Waals surface area contributed by atoms with Crippen LogP contribution in [0.5, 0.6) is 0 Å². The van der Waals surface area contributed by atoms with Crippen LogP contribution in [-0.4, -0.2) is 16.0 Å². The number of rotatable bonds is 9. The minimum atomic E-state index is 0.180. The van der Waals surface area contributed by atoms with Crippen molar-refractivity contribution in [1.82, 2.24) is 9.97 Å². The first-order chi connectivity index (χ1) is 30.3. The Morgan fingerprint density at radius 2 is 1.08 bits per heavy atom. The molecule has 11 rings (SSSR count). The monoisotopic (exact) mass is 784 g/mol. The third-order valence-electron chi connectivity index (χ3n) is 11.8. The van der Waals surface area contributed by atoms with E-state index in [1.165, 1.54) is 0 Å². The standard InChI is InChI=1S/C56H40N4O/c1-3-14-45(15-4-1)59(47-26-19-39(20-27-47)43-12-9-35-57-37-43)48-30-23-42(24-31-48)50-33-34-53(56-54(50)52-32-25-41-11-7-8-18-51(41)55(52)61-56)60(46-16-5-2-6-17-46)49-28-21-40(22-29-49)44-13-10-36-58-38-44/h1-14,16-38,45H,15H2. The zero-order chi connectivity index (χ0) is 40.5. The Bertz CT molecular complexity index is 3190. The lowest BCUT2D eigenvalue weighted by Crippen LogP contribution is -2.29.